The maximum atomic E-state index is 11.7. The Labute approximate surface area is 129 Å². The number of hydrogen-bond acceptors (Lipinski definition) is 4. The molecule has 0 heterocycles. The summed E-state index contributed by atoms with van der Waals surface area (Å²) in [6, 6.07) is 8.11. The molecule has 0 unspecified atom stereocenters. The van der Waals surface area contributed by atoms with E-state index in [-0.39, 0.29) is 24.5 Å². The fraction of sp³-hybridized carbons (Fsp3) is 0.467. The number of carbonyl (C=O) groups is 2. The number of carbonyl (C=O) groups excluding carboxylic acids is 2. The summed E-state index contributed by atoms with van der Waals surface area (Å²) in [6.45, 7) is 0.870. The molecule has 2 rings (SSSR count). The molecule has 114 valence electrons. The minimum Gasteiger partial charge on any atom is -0.335 e. The molecule has 0 saturated heterocycles. The zero-order valence-electron chi connectivity index (χ0n) is 12.4. The lowest BCUT2D eigenvalue weighted by Gasteiger charge is -2.16. The molecule has 5 nitrogen and oxygen atoms in total. The third kappa shape index (κ3) is 5.77. The normalized spacial score (nSPS) is 14.0. The molecule has 0 aromatic heterocycles. The average molecular weight is 307 g/mol. The zero-order valence-corrected chi connectivity index (χ0v) is 13.2. The summed E-state index contributed by atoms with van der Waals surface area (Å²) < 4.78 is 0. The molecule has 1 aliphatic rings. The highest BCUT2D eigenvalue weighted by Gasteiger charge is 2.23. The number of amides is 3. The van der Waals surface area contributed by atoms with Crippen LogP contribution in [0.1, 0.15) is 18.4 Å². The Bertz CT molecular complexity index is 500. The number of urea groups is 1. The summed E-state index contributed by atoms with van der Waals surface area (Å²) in [5.41, 5.74) is 1.14. The van der Waals surface area contributed by atoms with Crippen LogP contribution in [0.2, 0.25) is 0 Å². The van der Waals surface area contributed by atoms with Crippen molar-refractivity contribution >= 4 is 23.7 Å². The number of nitrogens with zero attached hydrogens (tertiary/aromatic N) is 1. The smallest absolute Gasteiger partial charge is 0.321 e. The second-order valence-corrected chi connectivity index (χ2v) is 6.20. The van der Waals surface area contributed by atoms with Crippen LogP contribution in [0, 0.1) is 0 Å². The largest absolute Gasteiger partial charge is 0.335 e. The number of imide groups is 1. The summed E-state index contributed by atoms with van der Waals surface area (Å²) in [4.78, 5) is 26.3. The van der Waals surface area contributed by atoms with Crippen LogP contribution < -0.4 is 10.6 Å². The van der Waals surface area contributed by atoms with Crippen molar-refractivity contribution in [2.75, 3.05) is 19.8 Å². The zero-order chi connectivity index (χ0) is 15.2. The molecular weight excluding hydrogens is 286 g/mol. The van der Waals surface area contributed by atoms with Crippen LogP contribution in [-0.4, -0.2) is 42.7 Å². The second kappa shape index (κ2) is 7.47. The molecule has 1 fully saturated rings. The van der Waals surface area contributed by atoms with Crippen molar-refractivity contribution in [3.8, 4) is 0 Å². The number of rotatable bonds is 6. The molecule has 6 heteroatoms. The molecule has 0 aliphatic heterocycles. The van der Waals surface area contributed by atoms with Gasteiger partial charge in [0.2, 0.25) is 5.91 Å². The van der Waals surface area contributed by atoms with E-state index in [4.69, 9.17) is 0 Å². The van der Waals surface area contributed by atoms with Gasteiger partial charge in [-0.3, -0.25) is 15.0 Å². The van der Waals surface area contributed by atoms with Gasteiger partial charge < -0.3 is 5.32 Å². The van der Waals surface area contributed by atoms with Crippen LogP contribution in [0.5, 0.6) is 0 Å². The number of hydrogen-bond donors (Lipinski definition) is 2. The molecule has 1 aromatic rings. The van der Waals surface area contributed by atoms with Crippen molar-refractivity contribution in [2.24, 2.45) is 0 Å². The molecule has 3 amide bonds. The Balaban J connectivity index is 1.73. The fourth-order valence-corrected chi connectivity index (χ4v) is 2.37. The number of benzene rings is 1. The van der Waals surface area contributed by atoms with Gasteiger partial charge in [0.05, 0.1) is 6.54 Å². The van der Waals surface area contributed by atoms with E-state index in [1.165, 1.54) is 4.90 Å². The predicted molar refractivity (Wildman–Crippen MR) is 84.3 cm³/mol. The van der Waals surface area contributed by atoms with Gasteiger partial charge in [0.1, 0.15) is 0 Å². The first-order valence-corrected chi connectivity index (χ1v) is 8.21. The van der Waals surface area contributed by atoms with E-state index in [9.17, 15) is 9.59 Å². The van der Waals surface area contributed by atoms with Crippen LogP contribution in [0.15, 0.2) is 29.2 Å². The standard InChI is InChI=1S/C15H21N3O2S/c1-18(9-11-3-7-13(21-2)8-4-11)10-14(19)17-15(20)16-12-5-6-12/h3-4,7-8,12H,5-6,9-10H2,1-2H3,(H2,16,17,19,20). The molecule has 0 atom stereocenters. The van der Waals surface area contributed by atoms with Crippen molar-refractivity contribution in [3.05, 3.63) is 29.8 Å². The molecule has 1 saturated carbocycles. The van der Waals surface area contributed by atoms with Gasteiger partial charge in [-0.15, -0.1) is 11.8 Å². The lowest BCUT2D eigenvalue weighted by Crippen LogP contribution is -2.44. The van der Waals surface area contributed by atoms with Gasteiger partial charge in [-0.1, -0.05) is 12.1 Å². The SMILES string of the molecule is CSc1ccc(CN(C)CC(=O)NC(=O)NC2CC2)cc1. The molecule has 1 aromatic carbocycles. The maximum absolute atomic E-state index is 11.7. The minimum absolute atomic E-state index is 0.197. The second-order valence-electron chi connectivity index (χ2n) is 5.32. The van der Waals surface area contributed by atoms with Gasteiger partial charge in [-0.05, 0) is 43.8 Å². The van der Waals surface area contributed by atoms with Crippen molar-refractivity contribution < 1.29 is 9.59 Å². The van der Waals surface area contributed by atoms with Crippen molar-refractivity contribution in [1.29, 1.82) is 0 Å². The van der Waals surface area contributed by atoms with Gasteiger partial charge in [0.15, 0.2) is 0 Å². The van der Waals surface area contributed by atoms with E-state index >= 15 is 0 Å². The third-order valence-electron chi connectivity index (χ3n) is 3.19. The number of thioether (sulfide) groups is 1. The van der Waals surface area contributed by atoms with Crippen LogP contribution in [0.3, 0.4) is 0 Å². The first-order valence-electron chi connectivity index (χ1n) is 6.98. The van der Waals surface area contributed by atoms with E-state index in [0.717, 1.165) is 18.4 Å². The first-order chi connectivity index (χ1) is 10.1. The van der Waals surface area contributed by atoms with Gasteiger partial charge in [-0.25, -0.2) is 4.79 Å². The van der Waals surface area contributed by atoms with Crippen LogP contribution in [0.4, 0.5) is 4.79 Å². The summed E-state index contributed by atoms with van der Waals surface area (Å²) in [5, 5.41) is 5.08. The average Bonchev–Trinajstić information content (AvgIpc) is 3.22. The predicted octanol–water partition coefficient (Wildman–Crippen LogP) is 1.83. The van der Waals surface area contributed by atoms with Crippen molar-refractivity contribution in [3.63, 3.8) is 0 Å². The highest BCUT2D eigenvalue weighted by molar-refractivity contribution is 7.98. The van der Waals surface area contributed by atoms with E-state index in [1.54, 1.807) is 11.8 Å². The molecule has 0 bridgehead atoms. The minimum atomic E-state index is -0.389. The van der Waals surface area contributed by atoms with E-state index in [2.05, 4.69) is 34.9 Å². The summed E-state index contributed by atoms with van der Waals surface area (Å²) >= 11 is 1.70. The molecule has 0 radical (unpaired) electrons. The van der Waals surface area contributed by atoms with Crippen LogP contribution in [-0.2, 0) is 11.3 Å². The molecule has 21 heavy (non-hydrogen) atoms. The van der Waals surface area contributed by atoms with Gasteiger partial charge >= 0.3 is 6.03 Å². The van der Waals surface area contributed by atoms with E-state index in [0.29, 0.717) is 6.54 Å². The van der Waals surface area contributed by atoms with Crippen LogP contribution in [0.25, 0.3) is 0 Å². The highest BCUT2D eigenvalue weighted by atomic mass is 32.2. The fourth-order valence-electron chi connectivity index (χ4n) is 1.96. The first kappa shape index (κ1) is 15.9. The lowest BCUT2D eigenvalue weighted by molar-refractivity contribution is -0.120. The highest BCUT2D eigenvalue weighted by Crippen LogP contribution is 2.18. The Kier molecular flexibility index (Phi) is 5.64. The molecular formula is C15H21N3O2S. The molecule has 0 spiro atoms. The summed E-state index contributed by atoms with van der Waals surface area (Å²) in [6.07, 6.45) is 4.05. The van der Waals surface area contributed by atoms with Gasteiger partial charge in [0.25, 0.3) is 0 Å². The summed E-state index contributed by atoms with van der Waals surface area (Å²) in [7, 11) is 1.86. The topological polar surface area (TPSA) is 61.4 Å². The Morgan fingerprint density at radius 3 is 2.52 bits per heavy atom. The monoisotopic (exact) mass is 307 g/mol. The van der Waals surface area contributed by atoms with E-state index < -0.39 is 0 Å². The molecule has 1 aliphatic carbocycles. The Morgan fingerprint density at radius 1 is 1.29 bits per heavy atom. The van der Waals surface area contributed by atoms with Crippen molar-refractivity contribution in [1.82, 2.24) is 15.5 Å². The summed E-state index contributed by atoms with van der Waals surface area (Å²) in [5.74, 6) is -0.281. The number of nitrogens with one attached hydrogen (secondary N) is 2. The van der Waals surface area contributed by atoms with Gasteiger partial charge in [-0.2, -0.15) is 0 Å². The Morgan fingerprint density at radius 2 is 1.95 bits per heavy atom. The third-order valence-corrected chi connectivity index (χ3v) is 3.93. The maximum Gasteiger partial charge on any atom is 0.321 e. The lowest BCUT2D eigenvalue weighted by atomic mass is 10.2. The molecule has 2 N–H and O–H groups in total. The number of likely N-dealkylation sites (N-methyl/N-ethyl adjacent to an activating group) is 1. The van der Waals surface area contributed by atoms with Crippen LogP contribution >= 0.6 is 11.8 Å². The quantitative estimate of drug-likeness (QED) is 0.787. The Hall–Kier alpha value is -1.53. The van der Waals surface area contributed by atoms with Crippen molar-refractivity contribution in [2.45, 2.75) is 30.3 Å². The van der Waals surface area contributed by atoms with Gasteiger partial charge in [0, 0.05) is 17.5 Å². The van der Waals surface area contributed by atoms with E-state index in [1.807, 2.05) is 18.2 Å².